The Morgan fingerprint density at radius 3 is 2.23 bits per heavy atom. The number of carbonyl (C=O) groups excluding carboxylic acids is 1. The zero-order valence-corrected chi connectivity index (χ0v) is 8.72. The van der Waals surface area contributed by atoms with E-state index < -0.39 is 0 Å². The third-order valence-electron chi connectivity index (χ3n) is 1.40. The zero-order chi connectivity index (χ0) is 10.3. The van der Waals surface area contributed by atoms with Crippen LogP contribution < -0.4 is 5.32 Å². The van der Waals surface area contributed by atoms with Gasteiger partial charge < -0.3 is 10.2 Å². The fourth-order valence-corrected chi connectivity index (χ4v) is 0.651. The van der Waals surface area contributed by atoms with Gasteiger partial charge in [-0.1, -0.05) is 11.8 Å². The fourth-order valence-electron chi connectivity index (χ4n) is 0.651. The van der Waals surface area contributed by atoms with Crippen molar-refractivity contribution in [3.63, 3.8) is 0 Å². The molecule has 4 nitrogen and oxygen atoms in total. The molecular weight excluding hydrogens is 166 g/mol. The molecule has 0 saturated heterocycles. The molecule has 0 saturated carbocycles. The quantitative estimate of drug-likeness (QED) is 0.603. The lowest BCUT2D eigenvalue weighted by Gasteiger charge is -2.12. The molecular formula is C9H17N3O. The molecule has 1 N–H and O–H groups in total. The molecule has 0 rings (SSSR count). The maximum atomic E-state index is 11.0. The molecule has 0 bridgehead atoms. The van der Waals surface area contributed by atoms with Gasteiger partial charge in [-0.25, -0.2) is 4.79 Å². The van der Waals surface area contributed by atoms with Crippen molar-refractivity contribution in [1.29, 1.82) is 0 Å². The van der Waals surface area contributed by atoms with Crippen LogP contribution in [0.3, 0.4) is 0 Å². The topological polar surface area (TPSA) is 35.6 Å². The predicted octanol–water partition coefficient (Wildman–Crippen LogP) is -0.177. The minimum atomic E-state index is -0.112. The van der Waals surface area contributed by atoms with Crippen LogP contribution in [0.4, 0.5) is 4.79 Å². The van der Waals surface area contributed by atoms with Gasteiger partial charge in [0.25, 0.3) is 0 Å². The highest BCUT2D eigenvalue weighted by molar-refractivity contribution is 5.73. The molecule has 4 heteroatoms. The van der Waals surface area contributed by atoms with Crippen molar-refractivity contribution in [3.8, 4) is 11.8 Å². The summed E-state index contributed by atoms with van der Waals surface area (Å²) in [6.45, 7) is 1.19. The number of rotatable bonds is 2. The molecule has 0 radical (unpaired) electrons. The largest absolute Gasteiger partial charge is 0.341 e. The lowest BCUT2D eigenvalue weighted by Crippen LogP contribution is -2.35. The van der Waals surface area contributed by atoms with E-state index in [0.717, 1.165) is 6.54 Å². The Bertz CT molecular complexity index is 215. The number of nitrogens with zero attached hydrogens (tertiary/aromatic N) is 2. The van der Waals surface area contributed by atoms with Gasteiger partial charge in [0.15, 0.2) is 0 Å². The summed E-state index contributed by atoms with van der Waals surface area (Å²) in [5.74, 6) is 5.85. The normalized spacial score (nSPS) is 9.00. The van der Waals surface area contributed by atoms with Crippen LogP contribution in [-0.4, -0.2) is 57.1 Å². The molecule has 2 amide bonds. The smallest absolute Gasteiger partial charge is 0.317 e. The Morgan fingerprint density at radius 2 is 1.77 bits per heavy atom. The first kappa shape index (κ1) is 11.8. The number of hydrogen-bond acceptors (Lipinski definition) is 2. The molecule has 0 aromatic carbocycles. The molecule has 0 unspecified atom stereocenters. The molecule has 13 heavy (non-hydrogen) atoms. The van der Waals surface area contributed by atoms with Gasteiger partial charge in [-0.2, -0.15) is 0 Å². The fraction of sp³-hybridized carbons (Fsp3) is 0.667. The predicted molar refractivity (Wildman–Crippen MR) is 53.4 cm³/mol. The van der Waals surface area contributed by atoms with Crippen LogP contribution in [0.1, 0.15) is 0 Å². The van der Waals surface area contributed by atoms with Gasteiger partial charge in [0, 0.05) is 14.1 Å². The highest BCUT2D eigenvalue weighted by Gasteiger charge is 2.01. The van der Waals surface area contributed by atoms with Crippen LogP contribution in [-0.2, 0) is 0 Å². The number of urea groups is 1. The Labute approximate surface area is 79.9 Å². The molecule has 0 aromatic rings. The van der Waals surface area contributed by atoms with Crippen LogP contribution >= 0.6 is 0 Å². The highest BCUT2D eigenvalue weighted by atomic mass is 16.2. The lowest BCUT2D eigenvalue weighted by molar-refractivity contribution is 0.216. The summed E-state index contributed by atoms with van der Waals surface area (Å²) in [4.78, 5) is 14.5. The minimum Gasteiger partial charge on any atom is -0.341 e. The number of nitrogens with one attached hydrogen (secondary N) is 1. The molecule has 0 fully saturated rings. The zero-order valence-electron chi connectivity index (χ0n) is 8.72. The average molecular weight is 183 g/mol. The van der Waals surface area contributed by atoms with E-state index in [4.69, 9.17) is 0 Å². The van der Waals surface area contributed by atoms with Crippen molar-refractivity contribution < 1.29 is 4.79 Å². The first-order valence-corrected chi connectivity index (χ1v) is 4.11. The molecule has 0 atom stereocenters. The minimum absolute atomic E-state index is 0.112. The molecule has 74 valence electrons. The highest BCUT2D eigenvalue weighted by Crippen LogP contribution is 1.80. The lowest BCUT2D eigenvalue weighted by atomic mass is 10.5. The van der Waals surface area contributed by atoms with Crippen molar-refractivity contribution in [3.05, 3.63) is 0 Å². The van der Waals surface area contributed by atoms with Gasteiger partial charge in [0.05, 0.1) is 13.1 Å². The average Bonchev–Trinajstić information content (AvgIpc) is 2.10. The van der Waals surface area contributed by atoms with E-state index in [0.29, 0.717) is 6.54 Å². The van der Waals surface area contributed by atoms with E-state index in [1.807, 2.05) is 19.0 Å². The van der Waals surface area contributed by atoms with Crippen molar-refractivity contribution in [2.24, 2.45) is 0 Å². The van der Waals surface area contributed by atoms with Gasteiger partial charge in [-0.3, -0.25) is 4.90 Å². The van der Waals surface area contributed by atoms with Gasteiger partial charge >= 0.3 is 6.03 Å². The van der Waals surface area contributed by atoms with E-state index in [1.54, 1.807) is 14.1 Å². The van der Waals surface area contributed by atoms with Crippen LogP contribution in [0.15, 0.2) is 0 Å². The third-order valence-corrected chi connectivity index (χ3v) is 1.40. The Morgan fingerprint density at radius 1 is 1.23 bits per heavy atom. The van der Waals surface area contributed by atoms with Crippen molar-refractivity contribution in [2.75, 3.05) is 41.3 Å². The summed E-state index contributed by atoms with van der Waals surface area (Å²) in [6, 6.07) is -0.112. The van der Waals surface area contributed by atoms with Crippen LogP contribution in [0.5, 0.6) is 0 Å². The van der Waals surface area contributed by atoms with E-state index in [-0.39, 0.29) is 6.03 Å². The standard InChI is InChI=1S/C9H17N3O/c1-10-9(13)12(4)8-6-5-7-11(2)3/h7-8H2,1-4H3,(H,10,13). The third kappa shape index (κ3) is 6.00. The Balaban J connectivity index is 3.72. The maximum Gasteiger partial charge on any atom is 0.317 e. The van der Waals surface area contributed by atoms with Gasteiger partial charge in [0.1, 0.15) is 0 Å². The van der Waals surface area contributed by atoms with Crippen LogP contribution in [0, 0.1) is 11.8 Å². The van der Waals surface area contributed by atoms with E-state index >= 15 is 0 Å². The summed E-state index contributed by atoms with van der Waals surface area (Å²) < 4.78 is 0. The second-order valence-corrected chi connectivity index (χ2v) is 3.00. The molecule has 0 aliphatic carbocycles. The van der Waals surface area contributed by atoms with Crippen molar-refractivity contribution >= 4 is 6.03 Å². The monoisotopic (exact) mass is 183 g/mol. The van der Waals surface area contributed by atoms with E-state index in [1.165, 1.54) is 4.90 Å². The van der Waals surface area contributed by atoms with Crippen molar-refractivity contribution in [1.82, 2.24) is 15.1 Å². The van der Waals surface area contributed by atoms with Crippen molar-refractivity contribution in [2.45, 2.75) is 0 Å². The van der Waals surface area contributed by atoms with Crippen LogP contribution in [0.2, 0.25) is 0 Å². The van der Waals surface area contributed by atoms with Crippen LogP contribution in [0.25, 0.3) is 0 Å². The summed E-state index contributed by atoms with van der Waals surface area (Å²) in [7, 11) is 7.23. The first-order valence-electron chi connectivity index (χ1n) is 4.11. The second-order valence-electron chi connectivity index (χ2n) is 3.00. The van der Waals surface area contributed by atoms with E-state index in [9.17, 15) is 4.79 Å². The molecule has 0 heterocycles. The molecule has 0 aliphatic heterocycles. The summed E-state index contributed by atoms with van der Waals surface area (Å²) in [5, 5.41) is 2.52. The number of amides is 2. The molecule has 0 aliphatic rings. The molecule has 0 spiro atoms. The number of hydrogen-bond donors (Lipinski definition) is 1. The molecule has 0 aromatic heterocycles. The van der Waals surface area contributed by atoms with E-state index in [2.05, 4.69) is 17.2 Å². The SMILES string of the molecule is CNC(=O)N(C)CC#CCN(C)C. The first-order chi connectivity index (χ1) is 6.07. The van der Waals surface area contributed by atoms with Gasteiger partial charge in [-0.05, 0) is 14.1 Å². The summed E-state index contributed by atoms with van der Waals surface area (Å²) in [5.41, 5.74) is 0. The van der Waals surface area contributed by atoms with Gasteiger partial charge in [0.2, 0.25) is 0 Å². The summed E-state index contributed by atoms with van der Waals surface area (Å²) >= 11 is 0. The second kappa shape index (κ2) is 6.32. The number of carbonyl (C=O) groups is 1. The Kier molecular flexibility index (Phi) is 5.73. The maximum absolute atomic E-state index is 11.0. The van der Waals surface area contributed by atoms with Gasteiger partial charge in [-0.15, -0.1) is 0 Å². The Hall–Kier alpha value is -1.21. The summed E-state index contributed by atoms with van der Waals surface area (Å²) in [6.07, 6.45) is 0.